The third kappa shape index (κ3) is 3.44. The van der Waals surface area contributed by atoms with Gasteiger partial charge in [0.15, 0.2) is 6.04 Å². The van der Waals surface area contributed by atoms with E-state index in [1.807, 2.05) is 67.7 Å². The Morgan fingerprint density at radius 1 is 1.08 bits per heavy atom. The van der Waals surface area contributed by atoms with Crippen molar-refractivity contribution in [3.63, 3.8) is 0 Å². The van der Waals surface area contributed by atoms with Crippen LogP contribution < -0.4 is 0 Å². The molecule has 0 saturated heterocycles. The van der Waals surface area contributed by atoms with Gasteiger partial charge in [0.25, 0.3) is 5.91 Å². The van der Waals surface area contributed by atoms with Crippen LogP contribution >= 0.6 is 11.6 Å². The fourth-order valence-corrected chi connectivity index (χ4v) is 3.05. The molecule has 0 fully saturated rings. The lowest BCUT2D eigenvalue weighted by Crippen LogP contribution is -2.32. The highest BCUT2D eigenvalue weighted by molar-refractivity contribution is 6.33. The third-order valence-corrected chi connectivity index (χ3v) is 4.43. The maximum Gasteiger partial charge on any atom is 0.251 e. The van der Waals surface area contributed by atoms with Crippen molar-refractivity contribution < 1.29 is 4.79 Å². The first-order valence-corrected chi connectivity index (χ1v) is 8.43. The Hall–Kier alpha value is -2.59. The molecule has 0 saturated carbocycles. The predicted octanol–water partition coefficient (Wildman–Crippen LogP) is 4.19. The molecule has 0 bridgehead atoms. The SMILES string of the molecule is Cc1cn(C(C(=O)N(C)C)c2ccccc2)nc1-c1ccccc1Cl. The van der Waals surface area contributed by atoms with Gasteiger partial charge in [-0.05, 0) is 24.1 Å². The number of carbonyl (C=O) groups is 1. The van der Waals surface area contributed by atoms with Gasteiger partial charge in [0, 0.05) is 25.9 Å². The van der Waals surface area contributed by atoms with Crippen LogP contribution in [0.1, 0.15) is 17.2 Å². The third-order valence-electron chi connectivity index (χ3n) is 4.10. The molecule has 0 aliphatic rings. The topological polar surface area (TPSA) is 38.1 Å². The van der Waals surface area contributed by atoms with Crippen molar-refractivity contribution in [2.24, 2.45) is 0 Å². The zero-order valence-corrected chi connectivity index (χ0v) is 15.2. The number of aryl methyl sites for hydroxylation is 1. The van der Waals surface area contributed by atoms with E-state index < -0.39 is 6.04 Å². The number of hydrogen-bond donors (Lipinski definition) is 0. The van der Waals surface area contributed by atoms with Gasteiger partial charge in [-0.2, -0.15) is 5.10 Å². The summed E-state index contributed by atoms with van der Waals surface area (Å²) in [6, 6.07) is 16.8. The number of halogens is 1. The Morgan fingerprint density at radius 2 is 1.72 bits per heavy atom. The first-order valence-electron chi connectivity index (χ1n) is 8.06. The van der Waals surface area contributed by atoms with Gasteiger partial charge in [-0.3, -0.25) is 9.48 Å². The van der Waals surface area contributed by atoms with Gasteiger partial charge >= 0.3 is 0 Å². The van der Waals surface area contributed by atoms with Crippen LogP contribution in [-0.2, 0) is 4.79 Å². The van der Waals surface area contributed by atoms with Gasteiger partial charge in [0.1, 0.15) is 0 Å². The molecule has 0 radical (unpaired) electrons. The summed E-state index contributed by atoms with van der Waals surface area (Å²) in [5.74, 6) is -0.0283. The minimum absolute atomic E-state index is 0.0283. The minimum atomic E-state index is -0.508. The minimum Gasteiger partial charge on any atom is -0.347 e. The molecule has 2 aromatic carbocycles. The van der Waals surface area contributed by atoms with Crippen molar-refractivity contribution in [3.8, 4) is 11.3 Å². The van der Waals surface area contributed by atoms with Crippen molar-refractivity contribution in [2.75, 3.05) is 14.1 Å². The van der Waals surface area contributed by atoms with E-state index in [1.54, 1.807) is 23.7 Å². The normalized spacial score (nSPS) is 12.0. The Bertz CT molecular complexity index is 887. The number of carbonyl (C=O) groups excluding carboxylic acids is 1. The molecular weight excluding hydrogens is 334 g/mol. The van der Waals surface area contributed by atoms with Crippen LogP contribution in [0.2, 0.25) is 5.02 Å². The molecule has 4 nitrogen and oxygen atoms in total. The summed E-state index contributed by atoms with van der Waals surface area (Å²) in [6.45, 7) is 1.98. The molecule has 3 aromatic rings. The van der Waals surface area contributed by atoms with Crippen molar-refractivity contribution in [1.29, 1.82) is 0 Å². The summed E-state index contributed by atoms with van der Waals surface area (Å²) < 4.78 is 1.73. The molecule has 0 N–H and O–H groups in total. The van der Waals surface area contributed by atoms with E-state index in [0.717, 1.165) is 22.4 Å². The van der Waals surface area contributed by atoms with E-state index >= 15 is 0 Å². The molecule has 128 valence electrons. The van der Waals surface area contributed by atoms with Crippen LogP contribution in [-0.4, -0.2) is 34.7 Å². The number of benzene rings is 2. The lowest BCUT2D eigenvalue weighted by molar-refractivity contribution is -0.131. The highest BCUT2D eigenvalue weighted by Gasteiger charge is 2.26. The van der Waals surface area contributed by atoms with Crippen LogP contribution in [0.3, 0.4) is 0 Å². The molecule has 1 heterocycles. The Morgan fingerprint density at radius 3 is 2.36 bits per heavy atom. The summed E-state index contributed by atoms with van der Waals surface area (Å²) in [5.41, 5.74) is 3.53. The monoisotopic (exact) mass is 353 g/mol. The fourth-order valence-electron chi connectivity index (χ4n) is 2.82. The lowest BCUT2D eigenvalue weighted by Gasteiger charge is -2.21. The second-order valence-electron chi connectivity index (χ2n) is 6.17. The predicted molar refractivity (Wildman–Crippen MR) is 101 cm³/mol. The number of nitrogens with zero attached hydrogens (tertiary/aromatic N) is 3. The molecular formula is C20H20ClN3O. The van der Waals surface area contributed by atoms with Gasteiger partial charge in [0.05, 0.1) is 10.7 Å². The Kier molecular flexibility index (Phi) is 4.91. The highest BCUT2D eigenvalue weighted by Crippen LogP contribution is 2.30. The molecule has 0 aliphatic carbocycles. The molecule has 0 spiro atoms. The summed E-state index contributed by atoms with van der Waals surface area (Å²) in [6.07, 6.45) is 1.90. The zero-order chi connectivity index (χ0) is 18.0. The van der Waals surface area contributed by atoms with Crippen LogP contribution in [0.5, 0.6) is 0 Å². The van der Waals surface area contributed by atoms with E-state index in [4.69, 9.17) is 16.7 Å². The fraction of sp³-hybridized carbons (Fsp3) is 0.200. The van der Waals surface area contributed by atoms with Gasteiger partial charge in [-0.25, -0.2) is 0 Å². The molecule has 3 rings (SSSR count). The first kappa shape index (κ1) is 17.2. The zero-order valence-electron chi connectivity index (χ0n) is 14.5. The second kappa shape index (κ2) is 7.11. The Balaban J connectivity index is 2.11. The van der Waals surface area contributed by atoms with E-state index in [2.05, 4.69) is 0 Å². The molecule has 1 atom stereocenters. The van der Waals surface area contributed by atoms with Crippen molar-refractivity contribution in [1.82, 2.24) is 14.7 Å². The average Bonchev–Trinajstić information content (AvgIpc) is 2.97. The maximum absolute atomic E-state index is 12.8. The summed E-state index contributed by atoms with van der Waals surface area (Å²) in [5, 5.41) is 5.35. The summed E-state index contributed by atoms with van der Waals surface area (Å²) >= 11 is 6.33. The van der Waals surface area contributed by atoms with Crippen LogP contribution in [0.25, 0.3) is 11.3 Å². The van der Waals surface area contributed by atoms with Gasteiger partial charge < -0.3 is 4.90 Å². The molecule has 1 amide bonds. The van der Waals surface area contributed by atoms with Crippen LogP contribution in [0, 0.1) is 6.92 Å². The molecule has 25 heavy (non-hydrogen) atoms. The largest absolute Gasteiger partial charge is 0.347 e. The summed E-state index contributed by atoms with van der Waals surface area (Å²) in [4.78, 5) is 14.4. The van der Waals surface area contributed by atoms with E-state index in [-0.39, 0.29) is 5.91 Å². The number of likely N-dealkylation sites (N-methyl/N-ethyl adjacent to an activating group) is 1. The molecule has 5 heteroatoms. The number of amides is 1. The highest BCUT2D eigenvalue weighted by atomic mass is 35.5. The van der Waals surface area contributed by atoms with E-state index in [9.17, 15) is 4.79 Å². The number of aromatic nitrogens is 2. The van der Waals surface area contributed by atoms with Crippen molar-refractivity contribution in [3.05, 3.63) is 76.9 Å². The van der Waals surface area contributed by atoms with E-state index in [1.165, 1.54) is 0 Å². The average molecular weight is 354 g/mol. The molecule has 1 unspecified atom stereocenters. The second-order valence-corrected chi connectivity index (χ2v) is 6.57. The van der Waals surface area contributed by atoms with E-state index in [0.29, 0.717) is 5.02 Å². The first-order chi connectivity index (χ1) is 12.0. The van der Waals surface area contributed by atoms with Crippen LogP contribution in [0.4, 0.5) is 0 Å². The van der Waals surface area contributed by atoms with Gasteiger partial charge in [-0.15, -0.1) is 0 Å². The van der Waals surface area contributed by atoms with Gasteiger partial charge in [-0.1, -0.05) is 60.1 Å². The molecule has 1 aromatic heterocycles. The smallest absolute Gasteiger partial charge is 0.251 e. The van der Waals surface area contributed by atoms with Gasteiger partial charge in [0.2, 0.25) is 0 Å². The summed E-state index contributed by atoms with van der Waals surface area (Å²) in [7, 11) is 3.51. The maximum atomic E-state index is 12.8. The molecule has 0 aliphatic heterocycles. The Labute approximate surface area is 152 Å². The number of hydrogen-bond acceptors (Lipinski definition) is 2. The quantitative estimate of drug-likeness (QED) is 0.705. The van der Waals surface area contributed by atoms with Crippen LogP contribution in [0.15, 0.2) is 60.8 Å². The van der Waals surface area contributed by atoms with Crippen molar-refractivity contribution >= 4 is 17.5 Å². The standard InChI is InChI=1S/C20H20ClN3O/c1-14-13-24(22-18(14)16-11-7-8-12-17(16)21)19(20(25)23(2)3)15-9-5-4-6-10-15/h4-13,19H,1-3H3. The van der Waals surface area contributed by atoms with Crippen molar-refractivity contribution in [2.45, 2.75) is 13.0 Å². The number of rotatable bonds is 4. The lowest BCUT2D eigenvalue weighted by atomic mass is 10.1.